The number of rotatable bonds is 7. The molecule has 0 aliphatic carbocycles. The van der Waals surface area contributed by atoms with Gasteiger partial charge in [0.2, 0.25) is 5.91 Å². The molecule has 1 aromatic heterocycles. The van der Waals surface area contributed by atoms with Crippen LogP contribution in [0.2, 0.25) is 0 Å². The van der Waals surface area contributed by atoms with Gasteiger partial charge in [0.05, 0.1) is 5.56 Å². The van der Waals surface area contributed by atoms with Crippen molar-refractivity contribution >= 4 is 11.9 Å². The smallest absolute Gasteiger partial charge is 0.335 e. The Morgan fingerprint density at radius 1 is 1.32 bits per heavy atom. The lowest BCUT2D eigenvalue weighted by atomic mass is 10.0. The summed E-state index contributed by atoms with van der Waals surface area (Å²) in [5, 5.41) is 11.9. The first-order chi connectivity index (χ1) is 10.6. The zero-order valence-electron chi connectivity index (χ0n) is 12.5. The number of aryl methyl sites for hydroxylation is 2. The van der Waals surface area contributed by atoms with Crippen molar-refractivity contribution in [1.29, 1.82) is 0 Å². The Kier molecular flexibility index (Phi) is 5.30. The predicted octanol–water partition coefficient (Wildman–Crippen LogP) is 1.64. The number of nitrogens with one attached hydrogen (secondary N) is 1. The quantitative estimate of drug-likeness (QED) is 0.814. The van der Waals surface area contributed by atoms with E-state index in [1.54, 1.807) is 30.5 Å². The largest absolute Gasteiger partial charge is 0.478 e. The van der Waals surface area contributed by atoms with Gasteiger partial charge in [0.25, 0.3) is 0 Å². The van der Waals surface area contributed by atoms with Crippen LogP contribution in [0, 0.1) is 6.92 Å². The molecule has 6 heteroatoms. The highest BCUT2D eigenvalue weighted by Crippen LogP contribution is 2.11. The van der Waals surface area contributed by atoms with Crippen molar-refractivity contribution < 1.29 is 14.7 Å². The Morgan fingerprint density at radius 3 is 2.77 bits per heavy atom. The molecule has 2 N–H and O–H groups in total. The van der Waals surface area contributed by atoms with Crippen molar-refractivity contribution in [3.63, 3.8) is 0 Å². The first kappa shape index (κ1) is 15.8. The third-order valence-electron chi connectivity index (χ3n) is 3.47. The van der Waals surface area contributed by atoms with E-state index in [9.17, 15) is 9.59 Å². The van der Waals surface area contributed by atoms with E-state index in [1.807, 2.05) is 17.7 Å². The topological polar surface area (TPSA) is 84.2 Å². The van der Waals surface area contributed by atoms with Crippen LogP contribution in [0.1, 0.15) is 28.2 Å². The standard InChI is InChI=1S/C16H19N3O3/c1-12-17-8-10-19(12)11-9-18-15(20)7-6-13-4-2-3-5-14(13)16(21)22/h2-5,8,10H,6-7,9,11H2,1H3,(H,18,20)(H,21,22). The van der Waals surface area contributed by atoms with E-state index in [2.05, 4.69) is 10.3 Å². The molecule has 0 aliphatic heterocycles. The lowest BCUT2D eigenvalue weighted by molar-refractivity contribution is -0.121. The molecule has 2 rings (SSSR count). The minimum Gasteiger partial charge on any atom is -0.478 e. The average Bonchev–Trinajstić information content (AvgIpc) is 2.91. The molecule has 22 heavy (non-hydrogen) atoms. The van der Waals surface area contributed by atoms with Gasteiger partial charge >= 0.3 is 5.97 Å². The molecule has 2 aromatic rings. The summed E-state index contributed by atoms with van der Waals surface area (Å²) in [5.74, 6) is -0.144. The third kappa shape index (κ3) is 4.18. The normalized spacial score (nSPS) is 10.4. The first-order valence-corrected chi connectivity index (χ1v) is 7.13. The number of aromatic nitrogens is 2. The monoisotopic (exact) mass is 301 g/mol. The highest BCUT2D eigenvalue weighted by Gasteiger charge is 2.10. The van der Waals surface area contributed by atoms with Crippen LogP contribution in [0.15, 0.2) is 36.7 Å². The van der Waals surface area contributed by atoms with Crippen LogP contribution in [0.3, 0.4) is 0 Å². The molecule has 0 bridgehead atoms. The number of imidazole rings is 1. The lowest BCUT2D eigenvalue weighted by Gasteiger charge is -2.08. The van der Waals surface area contributed by atoms with Gasteiger partial charge in [-0.05, 0) is 25.0 Å². The van der Waals surface area contributed by atoms with Crippen LogP contribution in [-0.4, -0.2) is 33.1 Å². The number of hydrogen-bond acceptors (Lipinski definition) is 3. The van der Waals surface area contributed by atoms with E-state index < -0.39 is 5.97 Å². The Balaban J connectivity index is 1.78. The van der Waals surface area contributed by atoms with Crippen molar-refractivity contribution in [3.8, 4) is 0 Å². The van der Waals surface area contributed by atoms with Gasteiger partial charge in [-0.1, -0.05) is 18.2 Å². The van der Waals surface area contributed by atoms with Gasteiger partial charge in [-0.2, -0.15) is 0 Å². The maximum atomic E-state index is 11.8. The summed E-state index contributed by atoms with van der Waals surface area (Å²) in [4.78, 5) is 27.0. The number of nitrogens with zero attached hydrogens (tertiary/aromatic N) is 2. The summed E-state index contributed by atoms with van der Waals surface area (Å²) in [7, 11) is 0. The van der Waals surface area contributed by atoms with Crippen LogP contribution in [0.5, 0.6) is 0 Å². The molecule has 0 radical (unpaired) electrons. The number of benzene rings is 1. The van der Waals surface area contributed by atoms with Gasteiger partial charge in [0.1, 0.15) is 5.82 Å². The summed E-state index contributed by atoms with van der Waals surface area (Å²) in [6, 6.07) is 6.75. The molecule has 0 atom stereocenters. The highest BCUT2D eigenvalue weighted by molar-refractivity contribution is 5.89. The van der Waals surface area contributed by atoms with Crippen molar-refractivity contribution in [2.75, 3.05) is 6.54 Å². The van der Waals surface area contributed by atoms with E-state index in [-0.39, 0.29) is 17.9 Å². The molecule has 0 spiro atoms. The van der Waals surface area contributed by atoms with E-state index in [1.165, 1.54) is 0 Å². The third-order valence-corrected chi connectivity index (χ3v) is 3.47. The van der Waals surface area contributed by atoms with E-state index in [4.69, 9.17) is 5.11 Å². The minimum absolute atomic E-state index is 0.0852. The average molecular weight is 301 g/mol. The zero-order chi connectivity index (χ0) is 15.9. The Morgan fingerprint density at radius 2 is 2.09 bits per heavy atom. The van der Waals surface area contributed by atoms with Crippen LogP contribution in [-0.2, 0) is 17.8 Å². The zero-order valence-corrected chi connectivity index (χ0v) is 12.5. The second-order valence-corrected chi connectivity index (χ2v) is 4.98. The van der Waals surface area contributed by atoms with Gasteiger partial charge in [0.15, 0.2) is 0 Å². The van der Waals surface area contributed by atoms with Crippen LogP contribution in [0.4, 0.5) is 0 Å². The number of amides is 1. The van der Waals surface area contributed by atoms with Crippen molar-refractivity contribution in [3.05, 3.63) is 53.6 Å². The van der Waals surface area contributed by atoms with Gasteiger partial charge in [-0.15, -0.1) is 0 Å². The fourth-order valence-electron chi connectivity index (χ4n) is 2.24. The SMILES string of the molecule is Cc1nccn1CCNC(=O)CCc1ccccc1C(=O)O. The Hall–Kier alpha value is -2.63. The molecule has 0 saturated heterocycles. The highest BCUT2D eigenvalue weighted by atomic mass is 16.4. The number of carboxylic acids is 1. The molecular formula is C16H19N3O3. The number of carboxylic acid groups (broad SMARTS) is 1. The lowest BCUT2D eigenvalue weighted by Crippen LogP contribution is -2.27. The van der Waals surface area contributed by atoms with Gasteiger partial charge < -0.3 is 15.0 Å². The van der Waals surface area contributed by atoms with Crippen LogP contribution < -0.4 is 5.32 Å². The molecule has 6 nitrogen and oxygen atoms in total. The summed E-state index contributed by atoms with van der Waals surface area (Å²) >= 11 is 0. The minimum atomic E-state index is -0.966. The molecule has 0 fully saturated rings. The van der Waals surface area contributed by atoms with Crippen LogP contribution in [0.25, 0.3) is 0 Å². The van der Waals surface area contributed by atoms with Crippen molar-refractivity contribution in [1.82, 2.24) is 14.9 Å². The molecule has 0 unspecified atom stereocenters. The number of hydrogen-bond donors (Lipinski definition) is 2. The Bertz CT molecular complexity index is 664. The summed E-state index contributed by atoms with van der Waals surface area (Å²) in [5.41, 5.74) is 0.931. The fourth-order valence-corrected chi connectivity index (χ4v) is 2.24. The second kappa shape index (κ2) is 7.40. The van der Waals surface area contributed by atoms with Crippen molar-refractivity contribution in [2.45, 2.75) is 26.3 Å². The molecule has 0 aliphatic rings. The molecule has 116 valence electrons. The summed E-state index contributed by atoms with van der Waals surface area (Å²) in [6.07, 6.45) is 4.27. The van der Waals surface area contributed by atoms with E-state index >= 15 is 0 Å². The Labute approximate surface area is 128 Å². The maximum Gasteiger partial charge on any atom is 0.335 e. The maximum absolute atomic E-state index is 11.8. The number of aromatic carboxylic acids is 1. The number of carbonyl (C=O) groups is 2. The molecule has 1 aromatic carbocycles. The molecular weight excluding hydrogens is 282 g/mol. The van der Waals surface area contributed by atoms with Crippen molar-refractivity contribution in [2.24, 2.45) is 0 Å². The second-order valence-electron chi connectivity index (χ2n) is 4.98. The summed E-state index contributed by atoms with van der Waals surface area (Å²) < 4.78 is 1.96. The van der Waals surface area contributed by atoms with E-state index in [0.717, 1.165) is 5.82 Å². The van der Waals surface area contributed by atoms with Crippen LogP contribution >= 0.6 is 0 Å². The van der Waals surface area contributed by atoms with Gasteiger partial charge in [-0.25, -0.2) is 9.78 Å². The van der Waals surface area contributed by atoms with Gasteiger partial charge in [0, 0.05) is 31.9 Å². The first-order valence-electron chi connectivity index (χ1n) is 7.13. The predicted molar refractivity (Wildman–Crippen MR) is 81.7 cm³/mol. The van der Waals surface area contributed by atoms with E-state index in [0.29, 0.717) is 25.1 Å². The fraction of sp³-hybridized carbons (Fsp3) is 0.312. The molecule has 1 amide bonds. The summed E-state index contributed by atoms with van der Waals surface area (Å²) in [6.45, 7) is 3.10. The number of carbonyl (C=O) groups excluding carboxylic acids is 1. The molecule has 1 heterocycles. The molecule has 0 saturated carbocycles. The van der Waals surface area contributed by atoms with Gasteiger partial charge in [-0.3, -0.25) is 4.79 Å².